The van der Waals surface area contributed by atoms with Crippen molar-refractivity contribution in [2.45, 2.75) is 35.1 Å². The molecule has 1 atom stereocenters. The van der Waals surface area contributed by atoms with Crippen molar-refractivity contribution in [3.8, 4) is 0 Å². The summed E-state index contributed by atoms with van der Waals surface area (Å²) in [4.78, 5) is 3.85. The largest absolute Gasteiger partial charge is 0.417 e. The van der Waals surface area contributed by atoms with Gasteiger partial charge in [0.05, 0.1) is 5.56 Å². The van der Waals surface area contributed by atoms with Gasteiger partial charge in [0.1, 0.15) is 10.9 Å². The molecular formula is C14H16F3N5S. The first kappa shape index (κ1) is 16.3. The van der Waals surface area contributed by atoms with E-state index in [-0.39, 0.29) is 0 Å². The third-order valence-electron chi connectivity index (χ3n) is 3.79. The number of halogens is 3. The molecule has 1 aliphatic rings. The minimum Gasteiger partial charge on any atom is -0.316 e. The van der Waals surface area contributed by atoms with E-state index >= 15 is 0 Å². The Bertz CT molecular complexity index is 662. The van der Waals surface area contributed by atoms with E-state index in [4.69, 9.17) is 0 Å². The number of pyridine rings is 1. The molecule has 0 saturated carbocycles. The monoisotopic (exact) mass is 343 g/mol. The second kappa shape index (κ2) is 6.48. The lowest BCUT2D eigenvalue weighted by molar-refractivity contribution is -0.137. The lowest BCUT2D eigenvalue weighted by atomic mass is 9.99. The maximum atomic E-state index is 12.5. The highest BCUT2D eigenvalue weighted by Crippen LogP contribution is 2.32. The first-order valence-electron chi connectivity index (χ1n) is 7.26. The van der Waals surface area contributed by atoms with Crippen LogP contribution in [0, 0.1) is 0 Å². The molecule has 3 rings (SSSR count). The summed E-state index contributed by atoms with van der Waals surface area (Å²) in [6.45, 7) is 1.89. The molecular weight excluding hydrogens is 327 g/mol. The Hall–Kier alpha value is -1.61. The summed E-state index contributed by atoms with van der Waals surface area (Å²) in [7, 11) is 1.87. The van der Waals surface area contributed by atoms with Gasteiger partial charge < -0.3 is 9.88 Å². The van der Waals surface area contributed by atoms with Crippen molar-refractivity contribution in [3.63, 3.8) is 0 Å². The summed E-state index contributed by atoms with van der Waals surface area (Å²) in [5.41, 5.74) is -0.756. The molecule has 9 heteroatoms. The van der Waals surface area contributed by atoms with Gasteiger partial charge in [-0.15, -0.1) is 10.2 Å². The van der Waals surface area contributed by atoms with Gasteiger partial charge in [-0.3, -0.25) is 0 Å². The molecule has 1 N–H and O–H groups in total. The van der Waals surface area contributed by atoms with Crippen molar-refractivity contribution in [1.82, 2.24) is 25.1 Å². The summed E-state index contributed by atoms with van der Waals surface area (Å²) in [6, 6.07) is 2.38. The zero-order valence-electron chi connectivity index (χ0n) is 12.5. The number of nitrogens with one attached hydrogen (secondary N) is 1. The Morgan fingerprint density at radius 2 is 2.13 bits per heavy atom. The molecule has 5 nitrogen and oxygen atoms in total. The van der Waals surface area contributed by atoms with Crippen molar-refractivity contribution >= 4 is 11.8 Å². The van der Waals surface area contributed by atoms with Crippen LogP contribution < -0.4 is 5.32 Å². The van der Waals surface area contributed by atoms with Gasteiger partial charge in [0.2, 0.25) is 0 Å². The van der Waals surface area contributed by atoms with Gasteiger partial charge in [0.25, 0.3) is 0 Å². The summed E-state index contributed by atoms with van der Waals surface area (Å²) in [5, 5.41) is 12.8. The van der Waals surface area contributed by atoms with E-state index in [1.54, 1.807) is 0 Å². The van der Waals surface area contributed by atoms with Crippen molar-refractivity contribution in [2.24, 2.45) is 7.05 Å². The topological polar surface area (TPSA) is 55.6 Å². The van der Waals surface area contributed by atoms with Crippen LogP contribution in [0.3, 0.4) is 0 Å². The van der Waals surface area contributed by atoms with E-state index in [1.165, 1.54) is 17.8 Å². The SMILES string of the molecule is Cn1c(Sc2ccc(C(F)(F)F)cn2)nnc1[C@H]1CCCNC1. The molecule has 1 fully saturated rings. The molecule has 1 saturated heterocycles. The first-order valence-corrected chi connectivity index (χ1v) is 8.08. The Kier molecular flexibility index (Phi) is 4.58. The molecule has 0 unspecified atom stereocenters. The predicted octanol–water partition coefficient (Wildman–Crippen LogP) is 2.85. The van der Waals surface area contributed by atoms with E-state index in [0.717, 1.165) is 44.0 Å². The third-order valence-corrected chi connectivity index (χ3v) is 4.78. The lowest BCUT2D eigenvalue weighted by Gasteiger charge is -2.21. The van der Waals surface area contributed by atoms with Crippen LogP contribution >= 0.6 is 11.8 Å². The van der Waals surface area contributed by atoms with Gasteiger partial charge in [-0.1, -0.05) is 0 Å². The molecule has 124 valence electrons. The van der Waals surface area contributed by atoms with Crippen LogP contribution in [0.25, 0.3) is 0 Å². The van der Waals surface area contributed by atoms with Gasteiger partial charge in [-0.05, 0) is 43.3 Å². The van der Waals surface area contributed by atoms with Gasteiger partial charge in [0.15, 0.2) is 5.16 Å². The highest BCUT2D eigenvalue weighted by atomic mass is 32.2. The normalized spacial score (nSPS) is 19.0. The number of rotatable bonds is 3. The second-order valence-electron chi connectivity index (χ2n) is 5.43. The second-order valence-corrected chi connectivity index (χ2v) is 6.42. The minimum atomic E-state index is -4.37. The van der Waals surface area contributed by atoms with Gasteiger partial charge in [-0.25, -0.2) is 4.98 Å². The lowest BCUT2D eigenvalue weighted by Crippen LogP contribution is -2.29. The van der Waals surface area contributed by atoms with Crippen molar-refractivity contribution in [3.05, 3.63) is 29.7 Å². The van der Waals surface area contributed by atoms with Gasteiger partial charge >= 0.3 is 6.18 Å². The fraction of sp³-hybridized carbons (Fsp3) is 0.500. The number of aromatic nitrogens is 4. The van der Waals surface area contributed by atoms with E-state index in [1.807, 2.05) is 11.6 Å². The minimum absolute atomic E-state index is 0.316. The smallest absolute Gasteiger partial charge is 0.316 e. The number of alkyl halides is 3. The quantitative estimate of drug-likeness (QED) is 0.929. The number of nitrogens with zero attached hydrogens (tertiary/aromatic N) is 4. The van der Waals surface area contributed by atoms with Crippen LogP contribution in [-0.2, 0) is 13.2 Å². The van der Waals surface area contributed by atoms with Crippen LogP contribution in [-0.4, -0.2) is 32.8 Å². The van der Waals surface area contributed by atoms with Crippen LogP contribution in [0.1, 0.15) is 30.1 Å². The highest BCUT2D eigenvalue weighted by Gasteiger charge is 2.30. The van der Waals surface area contributed by atoms with Crippen molar-refractivity contribution < 1.29 is 13.2 Å². The fourth-order valence-corrected chi connectivity index (χ4v) is 3.29. The number of piperidine rings is 1. The van der Waals surface area contributed by atoms with E-state index in [2.05, 4.69) is 20.5 Å². The maximum absolute atomic E-state index is 12.5. The fourth-order valence-electron chi connectivity index (χ4n) is 2.54. The highest BCUT2D eigenvalue weighted by molar-refractivity contribution is 7.99. The summed E-state index contributed by atoms with van der Waals surface area (Å²) >= 11 is 1.21. The third kappa shape index (κ3) is 3.66. The van der Waals surface area contributed by atoms with E-state index in [9.17, 15) is 13.2 Å². The summed E-state index contributed by atoms with van der Waals surface area (Å²) in [6.07, 6.45) is -1.38. The van der Waals surface area contributed by atoms with Crippen molar-refractivity contribution in [1.29, 1.82) is 0 Å². The molecule has 0 aromatic carbocycles. The Balaban J connectivity index is 1.74. The molecule has 0 spiro atoms. The molecule has 0 bridgehead atoms. The van der Waals surface area contributed by atoms with Crippen LogP contribution in [0.4, 0.5) is 13.2 Å². The zero-order chi connectivity index (χ0) is 16.4. The Morgan fingerprint density at radius 1 is 1.30 bits per heavy atom. The summed E-state index contributed by atoms with van der Waals surface area (Å²) < 4.78 is 39.5. The average molecular weight is 343 g/mol. The molecule has 2 aromatic rings. The van der Waals surface area contributed by atoms with Crippen LogP contribution in [0.2, 0.25) is 0 Å². The van der Waals surface area contributed by atoms with Crippen LogP contribution in [0.15, 0.2) is 28.5 Å². The van der Waals surface area contributed by atoms with Gasteiger partial charge in [0, 0.05) is 25.7 Å². The molecule has 2 aromatic heterocycles. The average Bonchev–Trinajstić information content (AvgIpc) is 2.89. The molecule has 0 radical (unpaired) electrons. The van der Waals surface area contributed by atoms with Crippen LogP contribution in [0.5, 0.6) is 0 Å². The van der Waals surface area contributed by atoms with Crippen molar-refractivity contribution in [2.75, 3.05) is 13.1 Å². The van der Waals surface area contributed by atoms with Gasteiger partial charge in [-0.2, -0.15) is 13.2 Å². The zero-order valence-corrected chi connectivity index (χ0v) is 13.3. The maximum Gasteiger partial charge on any atom is 0.417 e. The first-order chi connectivity index (χ1) is 10.9. The predicted molar refractivity (Wildman–Crippen MR) is 79.2 cm³/mol. The number of hydrogen-bond donors (Lipinski definition) is 1. The Morgan fingerprint density at radius 3 is 2.74 bits per heavy atom. The standard InChI is InChI=1S/C14H16F3N5S/c1-22-12(9-3-2-6-18-7-9)20-21-13(22)23-11-5-4-10(8-19-11)14(15,16)17/h4-5,8-9,18H,2-3,6-7H2,1H3/t9-/m0/s1. The molecule has 3 heterocycles. The summed E-state index contributed by atoms with van der Waals surface area (Å²) in [5.74, 6) is 1.21. The number of hydrogen-bond acceptors (Lipinski definition) is 5. The van der Waals surface area contributed by atoms with E-state index in [0.29, 0.717) is 16.1 Å². The molecule has 0 amide bonds. The Labute approximate surface area is 135 Å². The molecule has 1 aliphatic heterocycles. The molecule has 0 aliphatic carbocycles. The molecule has 23 heavy (non-hydrogen) atoms. The van der Waals surface area contributed by atoms with E-state index < -0.39 is 11.7 Å².